The lowest BCUT2D eigenvalue weighted by Crippen LogP contribution is -2.29. The summed E-state index contributed by atoms with van der Waals surface area (Å²) in [5.41, 5.74) is 9.37. The van der Waals surface area contributed by atoms with E-state index >= 15 is 0 Å². The van der Waals surface area contributed by atoms with Gasteiger partial charge in [-0.05, 0) is 105 Å². The van der Waals surface area contributed by atoms with E-state index in [2.05, 4.69) is 84.3 Å². The molecule has 0 amide bonds. The molecule has 5 N–H and O–H groups in total. The molecule has 3 heterocycles. The molecule has 2 atom stereocenters. The summed E-state index contributed by atoms with van der Waals surface area (Å²) in [5, 5.41) is 10.4. The number of anilines is 3. The van der Waals surface area contributed by atoms with E-state index in [0.29, 0.717) is 6.42 Å². The summed E-state index contributed by atoms with van der Waals surface area (Å²) >= 11 is 0. The second-order valence-corrected chi connectivity index (χ2v) is 12.9. The van der Waals surface area contributed by atoms with E-state index in [9.17, 15) is 0 Å². The third kappa shape index (κ3) is 9.32. The van der Waals surface area contributed by atoms with Crippen molar-refractivity contribution in [1.29, 1.82) is 0 Å². The SMILES string of the molecule is CC(C)(C)Nc1cccc(CC(c2cccc(NC(C)(C)C)n2)C(N)c2cccc(NC(C)(C)C)n2)n1. The van der Waals surface area contributed by atoms with E-state index < -0.39 is 0 Å². The van der Waals surface area contributed by atoms with Crippen LogP contribution in [0.15, 0.2) is 54.6 Å². The van der Waals surface area contributed by atoms with Crippen LogP contribution in [0.3, 0.4) is 0 Å². The van der Waals surface area contributed by atoms with Crippen LogP contribution in [0.4, 0.5) is 17.5 Å². The first-order valence-corrected chi connectivity index (χ1v) is 13.1. The molecule has 3 aromatic heterocycles. The number of nitrogens with one attached hydrogen (secondary N) is 3. The van der Waals surface area contributed by atoms with Crippen LogP contribution in [-0.2, 0) is 6.42 Å². The first-order chi connectivity index (χ1) is 17.1. The average Bonchev–Trinajstić information content (AvgIpc) is 2.74. The molecule has 0 saturated heterocycles. The second kappa shape index (κ2) is 11.1. The lowest BCUT2D eigenvalue weighted by Gasteiger charge is -2.27. The van der Waals surface area contributed by atoms with Crippen molar-refractivity contribution in [3.05, 3.63) is 71.7 Å². The van der Waals surface area contributed by atoms with Crippen LogP contribution in [0, 0.1) is 0 Å². The van der Waals surface area contributed by atoms with E-state index in [0.717, 1.165) is 34.5 Å². The van der Waals surface area contributed by atoms with Crippen molar-refractivity contribution >= 4 is 17.5 Å². The minimum absolute atomic E-state index is 0.0830. The fraction of sp³-hybridized carbons (Fsp3) is 0.500. The summed E-state index contributed by atoms with van der Waals surface area (Å²) in [6.07, 6.45) is 0.630. The van der Waals surface area contributed by atoms with Crippen molar-refractivity contribution < 1.29 is 0 Å². The predicted molar refractivity (Wildman–Crippen MR) is 156 cm³/mol. The number of nitrogens with two attached hydrogens (primary N) is 1. The Kier molecular flexibility index (Phi) is 8.48. The van der Waals surface area contributed by atoms with Crippen molar-refractivity contribution in [2.24, 2.45) is 5.73 Å². The van der Waals surface area contributed by atoms with Crippen molar-refractivity contribution in [3.63, 3.8) is 0 Å². The van der Waals surface area contributed by atoms with Crippen LogP contribution in [0.1, 0.15) is 91.4 Å². The fourth-order valence-electron chi connectivity index (χ4n) is 4.10. The van der Waals surface area contributed by atoms with E-state index in [1.165, 1.54) is 0 Å². The van der Waals surface area contributed by atoms with Crippen LogP contribution >= 0.6 is 0 Å². The molecule has 2 unspecified atom stereocenters. The summed E-state index contributed by atoms with van der Waals surface area (Å²) in [4.78, 5) is 14.8. The Morgan fingerprint density at radius 2 is 1.00 bits per heavy atom. The Hall–Kier alpha value is -3.19. The third-order valence-electron chi connectivity index (χ3n) is 5.44. The first kappa shape index (κ1) is 28.4. The number of nitrogens with zero attached hydrogens (tertiary/aromatic N) is 3. The van der Waals surface area contributed by atoms with Gasteiger partial charge in [0.2, 0.25) is 0 Å². The van der Waals surface area contributed by atoms with Gasteiger partial charge in [0.25, 0.3) is 0 Å². The van der Waals surface area contributed by atoms with Gasteiger partial charge in [-0.2, -0.15) is 0 Å². The quantitative estimate of drug-likeness (QED) is 0.277. The Labute approximate surface area is 223 Å². The van der Waals surface area contributed by atoms with Gasteiger partial charge in [-0.1, -0.05) is 18.2 Å². The van der Waals surface area contributed by atoms with Gasteiger partial charge < -0.3 is 21.7 Å². The number of aromatic nitrogens is 3. The molecular formula is C30H45N7. The van der Waals surface area contributed by atoms with Gasteiger partial charge >= 0.3 is 0 Å². The molecule has 0 aliphatic rings. The Balaban J connectivity index is 2.00. The molecule has 0 radical (unpaired) electrons. The number of hydrogen-bond donors (Lipinski definition) is 4. The van der Waals surface area contributed by atoms with Gasteiger partial charge in [0, 0.05) is 33.9 Å². The van der Waals surface area contributed by atoms with Crippen molar-refractivity contribution in [3.8, 4) is 0 Å². The minimum atomic E-state index is -0.375. The summed E-state index contributed by atoms with van der Waals surface area (Å²) in [6, 6.07) is 17.8. The van der Waals surface area contributed by atoms with E-state index in [4.69, 9.17) is 20.7 Å². The maximum absolute atomic E-state index is 6.97. The molecule has 0 saturated carbocycles. The molecule has 0 fully saturated rings. The molecule has 0 bridgehead atoms. The topological polar surface area (TPSA) is 101 Å². The van der Waals surface area contributed by atoms with Gasteiger partial charge in [-0.3, -0.25) is 0 Å². The number of hydrogen-bond acceptors (Lipinski definition) is 7. The predicted octanol–water partition coefficient (Wildman–Crippen LogP) is 6.53. The van der Waals surface area contributed by atoms with Gasteiger partial charge in [-0.15, -0.1) is 0 Å². The van der Waals surface area contributed by atoms with Crippen LogP contribution in [0.5, 0.6) is 0 Å². The molecule has 0 aliphatic heterocycles. The maximum Gasteiger partial charge on any atom is 0.126 e. The highest BCUT2D eigenvalue weighted by Crippen LogP contribution is 2.32. The molecule has 7 nitrogen and oxygen atoms in total. The minimum Gasteiger partial charge on any atom is -0.365 e. The van der Waals surface area contributed by atoms with Gasteiger partial charge in [0.15, 0.2) is 0 Å². The maximum atomic E-state index is 6.97. The number of rotatable bonds is 8. The summed E-state index contributed by atoms with van der Waals surface area (Å²) < 4.78 is 0. The monoisotopic (exact) mass is 503 g/mol. The summed E-state index contributed by atoms with van der Waals surface area (Å²) in [7, 11) is 0. The van der Waals surface area contributed by atoms with Crippen LogP contribution < -0.4 is 21.7 Å². The zero-order valence-electron chi connectivity index (χ0n) is 24.0. The average molecular weight is 504 g/mol. The lowest BCUT2D eigenvalue weighted by atomic mass is 9.88. The molecule has 0 aromatic carbocycles. The zero-order valence-corrected chi connectivity index (χ0v) is 24.0. The fourth-order valence-corrected chi connectivity index (χ4v) is 4.10. The smallest absolute Gasteiger partial charge is 0.126 e. The van der Waals surface area contributed by atoms with Gasteiger partial charge in [0.1, 0.15) is 17.5 Å². The van der Waals surface area contributed by atoms with E-state index in [-0.39, 0.29) is 28.6 Å². The molecule has 0 spiro atoms. The summed E-state index contributed by atoms with van der Waals surface area (Å²) in [6.45, 7) is 19.1. The molecule has 200 valence electrons. The molecule has 7 heteroatoms. The van der Waals surface area contributed by atoms with Crippen LogP contribution in [-0.4, -0.2) is 31.6 Å². The van der Waals surface area contributed by atoms with E-state index in [1.807, 2.05) is 48.5 Å². The standard InChI is InChI=1S/C30H45N7/c1-28(2,3)35-24-16-10-13-20(32-24)19-21(22-14-11-17-25(33-22)36-29(4,5)6)27(31)23-15-12-18-26(34-23)37-30(7,8)9/h10-18,21,27H,19,31H2,1-9H3,(H,32,35)(H,33,36)(H,34,37). The molecule has 0 aliphatic carbocycles. The molecule has 37 heavy (non-hydrogen) atoms. The van der Waals surface area contributed by atoms with Crippen molar-refractivity contribution in [1.82, 2.24) is 15.0 Å². The highest BCUT2D eigenvalue weighted by Gasteiger charge is 2.26. The molecule has 3 aromatic rings. The normalized spacial score (nSPS) is 14.1. The molecule has 3 rings (SSSR count). The first-order valence-electron chi connectivity index (χ1n) is 13.1. The number of pyridine rings is 3. The second-order valence-electron chi connectivity index (χ2n) is 12.9. The zero-order chi connectivity index (χ0) is 27.4. The highest BCUT2D eigenvalue weighted by atomic mass is 15.1. The Morgan fingerprint density at radius 3 is 1.49 bits per heavy atom. The Bertz CT molecular complexity index is 1170. The lowest BCUT2D eigenvalue weighted by molar-refractivity contribution is 0.521. The summed E-state index contributed by atoms with van der Waals surface area (Å²) in [5.74, 6) is 2.36. The van der Waals surface area contributed by atoms with Crippen molar-refractivity contribution in [2.45, 2.75) is 97.3 Å². The largest absolute Gasteiger partial charge is 0.365 e. The van der Waals surface area contributed by atoms with Gasteiger partial charge in [0.05, 0.1) is 11.7 Å². The third-order valence-corrected chi connectivity index (χ3v) is 5.44. The highest BCUT2D eigenvalue weighted by molar-refractivity contribution is 5.42. The van der Waals surface area contributed by atoms with Gasteiger partial charge in [-0.25, -0.2) is 15.0 Å². The molecular weight excluding hydrogens is 458 g/mol. The van der Waals surface area contributed by atoms with Crippen LogP contribution in [0.25, 0.3) is 0 Å². The van der Waals surface area contributed by atoms with Crippen LogP contribution in [0.2, 0.25) is 0 Å². The van der Waals surface area contributed by atoms with Crippen molar-refractivity contribution in [2.75, 3.05) is 16.0 Å². The Morgan fingerprint density at radius 1 is 0.595 bits per heavy atom. The van der Waals surface area contributed by atoms with E-state index in [1.54, 1.807) is 0 Å².